The molecule has 0 radical (unpaired) electrons. The fourth-order valence-corrected chi connectivity index (χ4v) is 3.42. The van der Waals surface area contributed by atoms with E-state index in [1.165, 1.54) is 32.1 Å². The Kier molecular flexibility index (Phi) is 2.94. The predicted molar refractivity (Wildman–Crippen MR) is 70.5 cm³/mol. The molecule has 2 heterocycles. The van der Waals surface area contributed by atoms with Gasteiger partial charge in [0.25, 0.3) is 0 Å². The van der Waals surface area contributed by atoms with Crippen molar-refractivity contribution in [1.82, 2.24) is 4.98 Å². The number of hydrogen-bond donors (Lipinski definition) is 1. The number of aromatic nitrogens is 1. The minimum atomic E-state index is -0.377. The number of carbonyl (C=O) groups excluding carboxylic acids is 1. The van der Waals surface area contributed by atoms with Crippen molar-refractivity contribution in [3.63, 3.8) is 0 Å². The molecule has 2 aliphatic rings. The van der Waals surface area contributed by atoms with Gasteiger partial charge in [0.15, 0.2) is 0 Å². The second-order valence-electron chi connectivity index (χ2n) is 5.36. The van der Waals surface area contributed by atoms with Crippen LogP contribution in [0.25, 0.3) is 0 Å². The predicted octanol–water partition coefficient (Wildman–Crippen LogP) is 1.95. The summed E-state index contributed by atoms with van der Waals surface area (Å²) in [7, 11) is 0. The molecule has 96 valence electrons. The number of nitrogens with two attached hydrogens (primary N) is 1. The summed E-state index contributed by atoms with van der Waals surface area (Å²) in [5.74, 6) is 1.36. The molecular weight excluding hydrogens is 226 g/mol. The molecule has 2 fully saturated rings. The van der Waals surface area contributed by atoms with Crippen molar-refractivity contribution in [3.8, 4) is 0 Å². The van der Waals surface area contributed by atoms with Crippen LogP contribution in [-0.4, -0.2) is 23.5 Å². The average molecular weight is 245 g/mol. The second-order valence-corrected chi connectivity index (χ2v) is 5.36. The van der Waals surface area contributed by atoms with E-state index in [-0.39, 0.29) is 5.91 Å². The van der Waals surface area contributed by atoms with Crippen molar-refractivity contribution in [3.05, 3.63) is 23.9 Å². The van der Waals surface area contributed by atoms with Gasteiger partial charge in [-0.1, -0.05) is 12.8 Å². The number of carbonyl (C=O) groups is 1. The standard InChI is InChI=1S/C14H19N3O/c15-14(18)11-5-7-16-13(9-11)17-8-6-10-3-1-2-4-12(10)17/h5,7,9-10,12H,1-4,6,8H2,(H2,15,18). The molecule has 0 aromatic carbocycles. The third-order valence-corrected chi connectivity index (χ3v) is 4.33. The smallest absolute Gasteiger partial charge is 0.248 e. The van der Waals surface area contributed by atoms with Gasteiger partial charge < -0.3 is 10.6 Å². The molecule has 18 heavy (non-hydrogen) atoms. The summed E-state index contributed by atoms with van der Waals surface area (Å²) in [6.07, 6.45) is 8.22. The monoisotopic (exact) mass is 245 g/mol. The first-order valence-electron chi connectivity index (χ1n) is 6.78. The lowest BCUT2D eigenvalue weighted by atomic mass is 9.85. The normalized spacial score (nSPS) is 27.0. The van der Waals surface area contributed by atoms with E-state index in [9.17, 15) is 4.79 Å². The number of nitrogens with zero attached hydrogens (tertiary/aromatic N) is 2. The van der Waals surface area contributed by atoms with Gasteiger partial charge >= 0.3 is 0 Å². The molecule has 1 saturated heterocycles. The van der Waals surface area contributed by atoms with Crippen molar-refractivity contribution in [2.45, 2.75) is 38.1 Å². The van der Waals surface area contributed by atoms with Gasteiger partial charge in [0, 0.05) is 24.3 Å². The molecule has 4 nitrogen and oxygen atoms in total. The zero-order chi connectivity index (χ0) is 12.5. The first-order valence-corrected chi connectivity index (χ1v) is 6.78. The average Bonchev–Trinajstić information content (AvgIpc) is 2.82. The Morgan fingerprint density at radius 3 is 3.00 bits per heavy atom. The zero-order valence-electron chi connectivity index (χ0n) is 10.5. The van der Waals surface area contributed by atoms with E-state index in [0.29, 0.717) is 11.6 Å². The maximum absolute atomic E-state index is 11.2. The number of pyridine rings is 1. The Labute approximate surface area is 107 Å². The van der Waals surface area contributed by atoms with E-state index in [0.717, 1.165) is 18.3 Å². The van der Waals surface area contributed by atoms with Crippen LogP contribution in [0.5, 0.6) is 0 Å². The maximum Gasteiger partial charge on any atom is 0.248 e. The van der Waals surface area contributed by atoms with Crippen LogP contribution in [0.4, 0.5) is 5.82 Å². The Hall–Kier alpha value is -1.58. The van der Waals surface area contributed by atoms with Crippen LogP contribution in [0, 0.1) is 5.92 Å². The summed E-state index contributed by atoms with van der Waals surface area (Å²) in [5.41, 5.74) is 5.88. The Balaban J connectivity index is 1.86. The third kappa shape index (κ3) is 1.96. The van der Waals surface area contributed by atoms with Gasteiger partial charge in [0.2, 0.25) is 5.91 Å². The topological polar surface area (TPSA) is 59.2 Å². The molecule has 2 unspecified atom stereocenters. The number of amides is 1. The van der Waals surface area contributed by atoms with E-state index in [1.54, 1.807) is 12.3 Å². The zero-order valence-corrected chi connectivity index (χ0v) is 10.5. The van der Waals surface area contributed by atoms with Crippen molar-refractivity contribution < 1.29 is 4.79 Å². The Morgan fingerprint density at radius 1 is 1.33 bits per heavy atom. The van der Waals surface area contributed by atoms with Crippen LogP contribution < -0.4 is 10.6 Å². The van der Waals surface area contributed by atoms with E-state index < -0.39 is 0 Å². The largest absolute Gasteiger partial charge is 0.366 e. The van der Waals surface area contributed by atoms with Gasteiger partial charge in [-0.05, 0) is 37.3 Å². The van der Waals surface area contributed by atoms with Gasteiger partial charge in [0.1, 0.15) is 5.82 Å². The summed E-state index contributed by atoms with van der Waals surface area (Å²) in [6, 6.07) is 4.13. The van der Waals surface area contributed by atoms with Gasteiger partial charge in [-0.2, -0.15) is 0 Å². The molecule has 4 heteroatoms. The lowest BCUT2D eigenvalue weighted by Crippen LogP contribution is -2.35. The molecular formula is C14H19N3O. The molecule has 0 bridgehead atoms. The number of fused-ring (bicyclic) bond motifs is 1. The van der Waals surface area contributed by atoms with Crippen LogP contribution in [0.2, 0.25) is 0 Å². The van der Waals surface area contributed by atoms with Gasteiger partial charge in [0.05, 0.1) is 0 Å². The first kappa shape index (κ1) is 11.5. The highest BCUT2D eigenvalue weighted by atomic mass is 16.1. The van der Waals surface area contributed by atoms with Crippen LogP contribution in [0.1, 0.15) is 42.5 Å². The van der Waals surface area contributed by atoms with E-state index in [1.807, 2.05) is 6.07 Å². The summed E-state index contributed by atoms with van der Waals surface area (Å²) < 4.78 is 0. The molecule has 1 aliphatic heterocycles. The number of rotatable bonds is 2. The van der Waals surface area contributed by atoms with Crippen LogP contribution in [0.15, 0.2) is 18.3 Å². The second kappa shape index (κ2) is 4.59. The highest BCUT2D eigenvalue weighted by molar-refractivity contribution is 5.93. The van der Waals surface area contributed by atoms with Crippen molar-refractivity contribution in [2.75, 3.05) is 11.4 Å². The Morgan fingerprint density at radius 2 is 2.17 bits per heavy atom. The van der Waals surface area contributed by atoms with Crippen molar-refractivity contribution in [2.24, 2.45) is 11.7 Å². The molecule has 3 rings (SSSR count). The molecule has 1 saturated carbocycles. The van der Waals surface area contributed by atoms with Gasteiger partial charge in [-0.25, -0.2) is 4.98 Å². The lowest BCUT2D eigenvalue weighted by molar-refractivity contribution is 0.1000. The molecule has 1 aromatic heterocycles. The number of anilines is 1. The van der Waals surface area contributed by atoms with Crippen LogP contribution in [0.3, 0.4) is 0 Å². The minimum absolute atomic E-state index is 0.377. The molecule has 0 spiro atoms. The van der Waals surface area contributed by atoms with Crippen molar-refractivity contribution >= 4 is 11.7 Å². The van der Waals surface area contributed by atoms with Crippen molar-refractivity contribution in [1.29, 1.82) is 0 Å². The fraction of sp³-hybridized carbons (Fsp3) is 0.571. The molecule has 2 atom stereocenters. The number of primary amides is 1. The molecule has 1 amide bonds. The maximum atomic E-state index is 11.2. The summed E-state index contributed by atoms with van der Waals surface area (Å²) >= 11 is 0. The van der Waals surface area contributed by atoms with Crippen LogP contribution >= 0.6 is 0 Å². The van der Waals surface area contributed by atoms with E-state index in [2.05, 4.69) is 9.88 Å². The van der Waals surface area contributed by atoms with E-state index in [4.69, 9.17) is 5.73 Å². The fourth-order valence-electron chi connectivity index (χ4n) is 3.42. The molecule has 2 N–H and O–H groups in total. The van der Waals surface area contributed by atoms with Crippen LogP contribution in [-0.2, 0) is 0 Å². The SMILES string of the molecule is NC(=O)c1ccnc(N2CCC3CCCCC32)c1. The molecule has 1 aliphatic carbocycles. The first-order chi connectivity index (χ1) is 8.75. The molecule has 1 aromatic rings. The highest BCUT2D eigenvalue weighted by Crippen LogP contribution is 2.38. The third-order valence-electron chi connectivity index (χ3n) is 4.33. The highest BCUT2D eigenvalue weighted by Gasteiger charge is 2.36. The van der Waals surface area contributed by atoms with Gasteiger partial charge in [-0.3, -0.25) is 4.79 Å². The quantitative estimate of drug-likeness (QED) is 0.866. The summed E-state index contributed by atoms with van der Waals surface area (Å²) in [6.45, 7) is 1.06. The van der Waals surface area contributed by atoms with Gasteiger partial charge in [-0.15, -0.1) is 0 Å². The Bertz CT molecular complexity index is 460. The summed E-state index contributed by atoms with van der Waals surface area (Å²) in [4.78, 5) is 18.0. The lowest BCUT2D eigenvalue weighted by Gasteiger charge is -2.32. The summed E-state index contributed by atoms with van der Waals surface area (Å²) in [5, 5.41) is 0. The van der Waals surface area contributed by atoms with E-state index >= 15 is 0 Å². The number of hydrogen-bond acceptors (Lipinski definition) is 3. The minimum Gasteiger partial charge on any atom is -0.366 e.